The van der Waals surface area contributed by atoms with Gasteiger partial charge in [-0.25, -0.2) is 4.68 Å². The van der Waals surface area contributed by atoms with Crippen LogP contribution in [0, 0.1) is 28.4 Å². The van der Waals surface area contributed by atoms with Gasteiger partial charge in [-0.1, -0.05) is 12.1 Å². The number of alkyl halides is 3. The molecule has 0 radical (unpaired) electrons. The lowest BCUT2D eigenvalue weighted by Crippen LogP contribution is -2.16. The fourth-order valence-corrected chi connectivity index (χ4v) is 2.04. The van der Waals surface area contributed by atoms with E-state index in [1.807, 2.05) is 6.07 Å². The summed E-state index contributed by atoms with van der Waals surface area (Å²) in [6.07, 6.45) is -4.89. The second-order valence-corrected chi connectivity index (χ2v) is 4.50. The van der Waals surface area contributed by atoms with Crippen LogP contribution in [0.5, 0.6) is 0 Å². The molecule has 0 unspecified atom stereocenters. The van der Waals surface area contributed by atoms with Gasteiger partial charge in [0.15, 0.2) is 0 Å². The fraction of sp³-hybridized carbons (Fsp3) is 0.231. The molecular formula is C13H9F3N4O2. The van der Waals surface area contributed by atoms with E-state index in [9.17, 15) is 23.3 Å². The fourth-order valence-electron chi connectivity index (χ4n) is 2.04. The largest absolute Gasteiger partial charge is 0.439 e. The molecule has 1 aromatic carbocycles. The van der Waals surface area contributed by atoms with E-state index < -0.39 is 22.5 Å². The molecule has 0 atom stereocenters. The van der Waals surface area contributed by atoms with Crippen molar-refractivity contribution in [2.45, 2.75) is 19.6 Å². The van der Waals surface area contributed by atoms with E-state index in [2.05, 4.69) is 5.10 Å². The highest BCUT2D eigenvalue weighted by molar-refractivity contribution is 5.43. The maximum atomic E-state index is 13.1. The first kappa shape index (κ1) is 15.5. The zero-order valence-corrected chi connectivity index (χ0v) is 11.3. The molecule has 9 heteroatoms. The maximum absolute atomic E-state index is 13.1. The summed E-state index contributed by atoms with van der Waals surface area (Å²) < 4.78 is 39.9. The van der Waals surface area contributed by atoms with Crippen LogP contribution in [-0.4, -0.2) is 14.7 Å². The number of hydrogen-bond acceptors (Lipinski definition) is 4. The molecule has 0 saturated carbocycles. The zero-order chi connectivity index (χ0) is 16.5. The van der Waals surface area contributed by atoms with E-state index in [-0.39, 0.29) is 12.2 Å². The van der Waals surface area contributed by atoms with Crippen molar-refractivity contribution in [2.24, 2.45) is 0 Å². The third kappa shape index (κ3) is 2.90. The van der Waals surface area contributed by atoms with Gasteiger partial charge in [-0.3, -0.25) is 10.1 Å². The molecule has 0 bridgehead atoms. The molecule has 2 rings (SSSR count). The Bertz CT molecular complexity index is 757. The average molecular weight is 310 g/mol. The third-order valence-corrected chi connectivity index (χ3v) is 2.96. The summed E-state index contributed by atoms with van der Waals surface area (Å²) in [4.78, 5) is 9.77. The van der Waals surface area contributed by atoms with Crippen molar-refractivity contribution in [3.05, 3.63) is 56.9 Å². The second-order valence-electron chi connectivity index (χ2n) is 4.50. The Morgan fingerprint density at radius 3 is 2.41 bits per heavy atom. The van der Waals surface area contributed by atoms with Gasteiger partial charge in [0.2, 0.25) is 5.69 Å². The van der Waals surface area contributed by atoms with Gasteiger partial charge in [0.1, 0.15) is 5.69 Å². The summed E-state index contributed by atoms with van der Waals surface area (Å²) in [5.74, 6) is 0. The Morgan fingerprint density at radius 2 is 1.95 bits per heavy atom. The van der Waals surface area contributed by atoms with E-state index >= 15 is 0 Å². The molecule has 0 saturated heterocycles. The van der Waals surface area contributed by atoms with Crippen LogP contribution in [0.3, 0.4) is 0 Å². The topological polar surface area (TPSA) is 84.8 Å². The van der Waals surface area contributed by atoms with Crippen molar-refractivity contribution in [3.8, 4) is 6.07 Å². The molecule has 0 spiro atoms. The number of rotatable bonds is 3. The molecule has 0 N–H and O–H groups in total. The van der Waals surface area contributed by atoms with Crippen molar-refractivity contribution in [3.63, 3.8) is 0 Å². The summed E-state index contributed by atoms with van der Waals surface area (Å²) in [7, 11) is 0. The lowest BCUT2D eigenvalue weighted by Gasteiger charge is -2.09. The van der Waals surface area contributed by atoms with Crippen LogP contribution >= 0.6 is 0 Å². The molecule has 0 aliphatic heterocycles. The van der Waals surface area contributed by atoms with Gasteiger partial charge in [0.05, 0.1) is 23.1 Å². The average Bonchev–Trinajstić information content (AvgIpc) is 2.76. The molecule has 1 aromatic heterocycles. The number of aromatic nitrogens is 2. The minimum atomic E-state index is -4.89. The van der Waals surface area contributed by atoms with E-state index in [4.69, 9.17) is 5.26 Å². The number of aryl methyl sites for hydroxylation is 1. The van der Waals surface area contributed by atoms with Gasteiger partial charge in [0.25, 0.3) is 0 Å². The molecule has 114 valence electrons. The van der Waals surface area contributed by atoms with Gasteiger partial charge in [-0.2, -0.15) is 23.5 Å². The van der Waals surface area contributed by atoms with E-state index in [1.54, 1.807) is 0 Å². The molecule has 0 aliphatic rings. The molecule has 0 amide bonds. The standard InChI is InChI=1S/C13H9F3N4O2/c1-8-11(20(21)22)12(13(14,15)16)19(18-8)7-10-4-2-9(6-17)3-5-10/h2-5H,7H2,1H3. The Kier molecular flexibility index (Phi) is 3.86. The highest BCUT2D eigenvalue weighted by Crippen LogP contribution is 2.38. The number of hydrogen-bond donors (Lipinski definition) is 0. The first-order valence-corrected chi connectivity index (χ1v) is 6.02. The first-order chi connectivity index (χ1) is 10.2. The summed E-state index contributed by atoms with van der Waals surface area (Å²) >= 11 is 0. The number of nitro groups is 1. The minimum absolute atomic E-state index is 0.283. The molecule has 0 aliphatic carbocycles. The lowest BCUT2D eigenvalue weighted by molar-refractivity contribution is -0.388. The van der Waals surface area contributed by atoms with Crippen molar-refractivity contribution in [1.29, 1.82) is 5.26 Å². The summed E-state index contributed by atoms with van der Waals surface area (Å²) in [6, 6.07) is 7.74. The normalized spacial score (nSPS) is 11.2. The molecule has 0 fully saturated rings. The second kappa shape index (κ2) is 5.48. The molecular weight excluding hydrogens is 301 g/mol. The predicted octanol–water partition coefficient (Wildman–Crippen LogP) is 3.04. The number of halogens is 3. The summed E-state index contributed by atoms with van der Waals surface area (Å²) in [5, 5.41) is 23.2. The quantitative estimate of drug-likeness (QED) is 0.644. The van der Waals surface area contributed by atoms with Gasteiger partial charge in [0, 0.05) is 0 Å². The van der Waals surface area contributed by atoms with Gasteiger partial charge < -0.3 is 0 Å². The van der Waals surface area contributed by atoms with Crippen LogP contribution in [0.4, 0.5) is 18.9 Å². The van der Waals surface area contributed by atoms with Crippen LogP contribution in [0.15, 0.2) is 24.3 Å². The van der Waals surface area contributed by atoms with Crippen LogP contribution in [0.2, 0.25) is 0 Å². The van der Waals surface area contributed by atoms with E-state index in [0.717, 1.165) is 6.92 Å². The minimum Gasteiger partial charge on any atom is -0.258 e. The van der Waals surface area contributed by atoms with Crippen molar-refractivity contribution in [1.82, 2.24) is 9.78 Å². The number of nitrogens with zero attached hydrogens (tertiary/aromatic N) is 4. The zero-order valence-electron chi connectivity index (χ0n) is 11.3. The van der Waals surface area contributed by atoms with Gasteiger partial charge in [-0.05, 0) is 24.6 Å². The summed E-state index contributed by atoms with van der Waals surface area (Å²) in [6.45, 7) is 0.873. The monoisotopic (exact) mass is 310 g/mol. The third-order valence-electron chi connectivity index (χ3n) is 2.96. The Balaban J connectivity index is 2.49. The SMILES string of the molecule is Cc1nn(Cc2ccc(C#N)cc2)c(C(F)(F)F)c1[N+](=O)[O-]. The Hall–Kier alpha value is -2.89. The maximum Gasteiger partial charge on any atom is 0.439 e. The van der Waals surface area contributed by atoms with Gasteiger partial charge >= 0.3 is 11.9 Å². The molecule has 1 heterocycles. The Morgan fingerprint density at radius 1 is 1.36 bits per heavy atom. The highest BCUT2D eigenvalue weighted by Gasteiger charge is 2.44. The number of benzene rings is 1. The van der Waals surface area contributed by atoms with E-state index in [1.165, 1.54) is 24.3 Å². The van der Waals surface area contributed by atoms with E-state index in [0.29, 0.717) is 15.8 Å². The molecule has 2 aromatic rings. The highest BCUT2D eigenvalue weighted by atomic mass is 19.4. The lowest BCUT2D eigenvalue weighted by atomic mass is 10.1. The van der Waals surface area contributed by atoms with Crippen molar-refractivity contribution in [2.75, 3.05) is 0 Å². The Labute approximate surface area is 122 Å². The van der Waals surface area contributed by atoms with Crippen LogP contribution < -0.4 is 0 Å². The van der Waals surface area contributed by atoms with Crippen LogP contribution in [0.25, 0.3) is 0 Å². The van der Waals surface area contributed by atoms with Crippen molar-refractivity contribution < 1.29 is 18.1 Å². The number of nitriles is 1. The van der Waals surface area contributed by atoms with Crippen LogP contribution in [0.1, 0.15) is 22.5 Å². The predicted molar refractivity (Wildman–Crippen MR) is 68.9 cm³/mol. The van der Waals surface area contributed by atoms with Gasteiger partial charge in [-0.15, -0.1) is 0 Å². The molecule has 6 nitrogen and oxygen atoms in total. The summed E-state index contributed by atoms with van der Waals surface area (Å²) in [5.41, 5.74) is -1.92. The molecule has 22 heavy (non-hydrogen) atoms. The van der Waals surface area contributed by atoms with Crippen molar-refractivity contribution >= 4 is 5.69 Å². The first-order valence-electron chi connectivity index (χ1n) is 6.02. The smallest absolute Gasteiger partial charge is 0.258 e. The van der Waals surface area contributed by atoms with Crippen LogP contribution in [-0.2, 0) is 12.7 Å².